The molecule has 0 radical (unpaired) electrons. The average Bonchev–Trinajstić information content (AvgIpc) is 3.33. The molecular formula is C31H28N2O2. The Morgan fingerprint density at radius 1 is 0.829 bits per heavy atom. The molecule has 0 unspecified atom stereocenters. The first kappa shape index (κ1) is 22.6. The summed E-state index contributed by atoms with van der Waals surface area (Å²) in [5.74, 6) is 0.514. The van der Waals surface area contributed by atoms with E-state index in [0.29, 0.717) is 17.5 Å². The van der Waals surface area contributed by atoms with Crippen molar-refractivity contribution < 1.29 is 9.21 Å². The summed E-state index contributed by atoms with van der Waals surface area (Å²) < 4.78 is 6.04. The predicted octanol–water partition coefficient (Wildman–Crippen LogP) is 7.78. The number of fused-ring (bicyclic) bond motifs is 1. The Morgan fingerprint density at radius 2 is 1.51 bits per heavy atom. The van der Waals surface area contributed by atoms with Crippen molar-refractivity contribution in [1.82, 2.24) is 4.98 Å². The summed E-state index contributed by atoms with van der Waals surface area (Å²) in [5.41, 5.74) is 6.28. The number of hydrogen-bond acceptors (Lipinski definition) is 3. The summed E-state index contributed by atoms with van der Waals surface area (Å²) in [4.78, 5) is 18.2. The Morgan fingerprint density at radius 3 is 2.17 bits per heavy atom. The van der Waals surface area contributed by atoms with Gasteiger partial charge in [0, 0.05) is 11.3 Å². The predicted molar refractivity (Wildman–Crippen MR) is 142 cm³/mol. The van der Waals surface area contributed by atoms with Gasteiger partial charge in [0.1, 0.15) is 5.52 Å². The number of nitrogens with zero attached hydrogens (tertiary/aromatic N) is 1. The second kappa shape index (κ2) is 9.98. The molecule has 0 aliphatic carbocycles. The van der Waals surface area contributed by atoms with Gasteiger partial charge >= 0.3 is 0 Å². The number of carbonyl (C=O) groups is 1. The summed E-state index contributed by atoms with van der Waals surface area (Å²) in [6, 6.07) is 33.5. The first-order valence-corrected chi connectivity index (χ1v) is 12.0. The molecule has 35 heavy (non-hydrogen) atoms. The fourth-order valence-electron chi connectivity index (χ4n) is 4.34. The van der Waals surface area contributed by atoms with E-state index in [1.54, 1.807) is 0 Å². The van der Waals surface area contributed by atoms with Gasteiger partial charge in [0.2, 0.25) is 11.8 Å². The Kier molecular flexibility index (Phi) is 6.44. The van der Waals surface area contributed by atoms with Gasteiger partial charge in [0.25, 0.3) is 0 Å². The van der Waals surface area contributed by atoms with Crippen LogP contribution in [0.1, 0.15) is 48.8 Å². The van der Waals surface area contributed by atoms with E-state index < -0.39 is 5.92 Å². The Labute approximate surface area is 205 Å². The van der Waals surface area contributed by atoms with Gasteiger partial charge in [0.15, 0.2) is 5.58 Å². The lowest BCUT2D eigenvalue weighted by Crippen LogP contribution is -2.22. The van der Waals surface area contributed by atoms with Crippen LogP contribution in [0.15, 0.2) is 108 Å². The van der Waals surface area contributed by atoms with Crippen LogP contribution in [0.25, 0.3) is 22.6 Å². The summed E-state index contributed by atoms with van der Waals surface area (Å²) >= 11 is 0. The number of aromatic nitrogens is 1. The van der Waals surface area contributed by atoms with E-state index in [0.717, 1.165) is 34.2 Å². The third-order valence-electron chi connectivity index (χ3n) is 6.50. The third kappa shape index (κ3) is 4.87. The van der Waals surface area contributed by atoms with Crippen molar-refractivity contribution in [2.45, 2.75) is 32.1 Å². The van der Waals surface area contributed by atoms with Crippen molar-refractivity contribution in [2.24, 2.45) is 0 Å². The van der Waals surface area contributed by atoms with Crippen LogP contribution >= 0.6 is 0 Å². The number of amides is 1. The van der Waals surface area contributed by atoms with Gasteiger partial charge in [0.05, 0.1) is 5.92 Å². The molecule has 1 aromatic heterocycles. The van der Waals surface area contributed by atoms with Gasteiger partial charge in [-0.3, -0.25) is 4.79 Å². The lowest BCUT2D eigenvalue weighted by Gasteiger charge is -2.18. The molecule has 0 saturated carbocycles. The molecule has 0 aliphatic rings. The fourth-order valence-corrected chi connectivity index (χ4v) is 4.34. The minimum atomic E-state index is -0.413. The van der Waals surface area contributed by atoms with Crippen molar-refractivity contribution in [3.05, 3.63) is 120 Å². The van der Waals surface area contributed by atoms with Crippen molar-refractivity contribution in [3.8, 4) is 11.5 Å². The Balaban J connectivity index is 1.43. The van der Waals surface area contributed by atoms with E-state index in [1.165, 1.54) is 5.56 Å². The molecule has 1 N–H and O–H groups in total. The van der Waals surface area contributed by atoms with Gasteiger partial charge in [-0.05, 0) is 59.4 Å². The molecule has 0 fully saturated rings. The number of rotatable bonds is 7. The van der Waals surface area contributed by atoms with E-state index in [4.69, 9.17) is 9.40 Å². The second-order valence-corrected chi connectivity index (χ2v) is 8.88. The van der Waals surface area contributed by atoms with Crippen LogP contribution in [0, 0.1) is 0 Å². The molecule has 5 rings (SSSR count). The van der Waals surface area contributed by atoms with Crippen molar-refractivity contribution in [2.75, 3.05) is 5.32 Å². The van der Waals surface area contributed by atoms with Crippen molar-refractivity contribution in [3.63, 3.8) is 0 Å². The average molecular weight is 461 g/mol. The number of oxazole rings is 1. The molecule has 0 saturated heterocycles. The van der Waals surface area contributed by atoms with E-state index in [1.807, 2.05) is 91.0 Å². The van der Waals surface area contributed by atoms with E-state index in [2.05, 4.69) is 31.3 Å². The van der Waals surface area contributed by atoms with Crippen LogP contribution in [0.4, 0.5) is 5.69 Å². The Hall–Kier alpha value is -4.18. The lowest BCUT2D eigenvalue weighted by molar-refractivity contribution is -0.116. The summed E-state index contributed by atoms with van der Waals surface area (Å²) in [7, 11) is 0. The molecule has 4 aromatic carbocycles. The molecule has 1 atom stereocenters. The monoisotopic (exact) mass is 460 g/mol. The molecule has 1 amide bonds. The Bertz CT molecular complexity index is 1400. The normalized spacial score (nSPS) is 12.1. The third-order valence-corrected chi connectivity index (χ3v) is 6.50. The highest BCUT2D eigenvalue weighted by atomic mass is 16.3. The maximum absolute atomic E-state index is 13.5. The molecule has 4 nitrogen and oxygen atoms in total. The van der Waals surface area contributed by atoms with Crippen LogP contribution in [0.5, 0.6) is 0 Å². The first-order valence-electron chi connectivity index (χ1n) is 12.0. The van der Waals surface area contributed by atoms with Gasteiger partial charge < -0.3 is 9.73 Å². The van der Waals surface area contributed by atoms with Crippen LogP contribution in [0.2, 0.25) is 0 Å². The fraction of sp³-hybridized carbons (Fsp3) is 0.161. The zero-order chi connectivity index (χ0) is 24.2. The van der Waals surface area contributed by atoms with Crippen molar-refractivity contribution in [1.29, 1.82) is 0 Å². The highest BCUT2D eigenvalue weighted by Gasteiger charge is 2.23. The SMILES string of the molecule is CC[C@H](C)c1ccc2oc(-c3cccc(NC(=O)C(c4ccccc4)c4ccccc4)c3)nc2c1. The molecule has 4 heteroatoms. The van der Waals surface area contributed by atoms with Gasteiger partial charge in [-0.1, -0.05) is 86.6 Å². The second-order valence-electron chi connectivity index (χ2n) is 8.88. The summed E-state index contributed by atoms with van der Waals surface area (Å²) in [6.45, 7) is 4.40. The highest BCUT2D eigenvalue weighted by molar-refractivity contribution is 5.98. The van der Waals surface area contributed by atoms with E-state index in [-0.39, 0.29) is 5.91 Å². The molecule has 0 bridgehead atoms. The number of benzene rings is 4. The molecule has 174 valence electrons. The van der Waals surface area contributed by atoms with Gasteiger partial charge in [-0.25, -0.2) is 4.98 Å². The zero-order valence-corrected chi connectivity index (χ0v) is 19.9. The number of hydrogen-bond donors (Lipinski definition) is 1. The van der Waals surface area contributed by atoms with Crippen LogP contribution in [0.3, 0.4) is 0 Å². The lowest BCUT2D eigenvalue weighted by atomic mass is 9.90. The van der Waals surface area contributed by atoms with E-state index in [9.17, 15) is 4.79 Å². The highest BCUT2D eigenvalue weighted by Crippen LogP contribution is 2.30. The number of anilines is 1. The van der Waals surface area contributed by atoms with Crippen molar-refractivity contribution >= 4 is 22.7 Å². The molecule has 0 aliphatic heterocycles. The molecule has 0 spiro atoms. The quantitative estimate of drug-likeness (QED) is 0.270. The minimum Gasteiger partial charge on any atom is -0.436 e. The van der Waals surface area contributed by atoms with Gasteiger partial charge in [-0.2, -0.15) is 0 Å². The zero-order valence-electron chi connectivity index (χ0n) is 19.9. The topological polar surface area (TPSA) is 55.1 Å². The first-order chi connectivity index (χ1) is 17.1. The largest absolute Gasteiger partial charge is 0.436 e. The standard InChI is InChI=1S/C31H28N2O2/c1-3-21(2)24-17-18-28-27(20-24)33-31(35-28)25-15-10-16-26(19-25)32-30(34)29(22-11-6-4-7-12-22)23-13-8-5-9-14-23/h4-21,29H,3H2,1-2H3,(H,32,34)/t21-/m0/s1. The number of nitrogens with one attached hydrogen (secondary N) is 1. The number of carbonyl (C=O) groups excluding carboxylic acids is 1. The molecule has 5 aromatic rings. The molecule has 1 heterocycles. The van der Waals surface area contributed by atoms with Crippen LogP contribution in [-0.4, -0.2) is 10.9 Å². The van der Waals surface area contributed by atoms with Crippen LogP contribution < -0.4 is 5.32 Å². The van der Waals surface area contributed by atoms with Gasteiger partial charge in [-0.15, -0.1) is 0 Å². The smallest absolute Gasteiger partial charge is 0.236 e. The molecular weight excluding hydrogens is 432 g/mol. The minimum absolute atomic E-state index is 0.0877. The summed E-state index contributed by atoms with van der Waals surface area (Å²) in [6.07, 6.45) is 1.07. The maximum Gasteiger partial charge on any atom is 0.236 e. The van der Waals surface area contributed by atoms with Crippen LogP contribution in [-0.2, 0) is 4.79 Å². The van der Waals surface area contributed by atoms with E-state index >= 15 is 0 Å². The summed E-state index contributed by atoms with van der Waals surface area (Å²) in [5, 5.41) is 3.11. The maximum atomic E-state index is 13.5.